The molecule has 2 heterocycles. The van der Waals surface area contributed by atoms with Crippen LogP contribution in [-0.4, -0.2) is 41.2 Å². The van der Waals surface area contributed by atoms with Gasteiger partial charge in [0.1, 0.15) is 18.2 Å². The van der Waals surface area contributed by atoms with Crippen molar-refractivity contribution in [3.05, 3.63) is 36.0 Å². The average Bonchev–Trinajstić information content (AvgIpc) is 3.16. The fourth-order valence-electron chi connectivity index (χ4n) is 4.32. The number of hydrogen-bond acceptors (Lipinski definition) is 7. The zero-order valence-corrected chi connectivity index (χ0v) is 18.4. The molecule has 32 heavy (non-hydrogen) atoms. The summed E-state index contributed by atoms with van der Waals surface area (Å²) in [6.07, 6.45) is 6.17. The van der Waals surface area contributed by atoms with Crippen LogP contribution in [0, 0.1) is 0 Å². The van der Waals surface area contributed by atoms with Crippen LogP contribution >= 0.6 is 0 Å². The summed E-state index contributed by atoms with van der Waals surface area (Å²) in [7, 11) is 0. The van der Waals surface area contributed by atoms with Gasteiger partial charge in [0.25, 0.3) is 0 Å². The molecule has 2 aliphatic rings. The largest absolute Gasteiger partial charge is 0.486 e. The maximum absolute atomic E-state index is 12.3. The number of aryl methyl sites for hydroxylation is 1. The van der Waals surface area contributed by atoms with E-state index in [-0.39, 0.29) is 24.3 Å². The van der Waals surface area contributed by atoms with Gasteiger partial charge < -0.3 is 24.6 Å². The van der Waals surface area contributed by atoms with Crippen molar-refractivity contribution in [2.45, 2.75) is 69.9 Å². The highest BCUT2D eigenvalue weighted by atomic mass is 16.6. The third-order valence-corrected chi connectivity index (χ3v) is 5.93. The van der Waals surface area contributed by atoms with Gasteiger partial charge in [0.05, 0.1) is 6.54 Å². The Balaban J connectivity index is 1.28. The van der Waals surface area contributed by atoms with Gasteiger partial charge in [-0.2, -0.15) is 4.98 Å². The number of carbonyl (C=O) groups excluding carboxylic acids is 2. The van der Waals surface area contributed by atoms with Gasteiger partial charge in [0.15, 0.2) is 17.3 Å². The van der Waals surface area contributed by atoms with Crippen molar-refractivity contribution in [2.24, 2.45) is 0 Å². The maximum Gasteiger partial charge on any atom is 0.227 e. The Morgan fingerprint density at radius 2 is 1.88 bits per heavy atom. The lowest BCUT2D eigenvalue weighted by atomic mass is 9.89. The second-order valence-corrected chi connectivity index (χ2v) is 8.49. The van der Waals surface area contributed by atoms with E-state index in [4.69, 9.17) is 14.0 Å². The van der Waals surface area contributed by atoms with E-state index in [1.165, 1.54) is 6.92 Å². The highest BCUT2D eigenvalue weighted by Crippen LogP contribution is 2.34. The van der Waals surface area contributed by atoms with Gasteiger partial charge in [-0.25, -0.2) is 0 Å². The number of carbonyl (C=O) groups is 2. The molecule has 1 saturated carbocycles. The van der Waals surface area contributed by atoms with E-state index in [1.807, 2.05) is 24.3 Å². The van der Waals surface area contributed by atoms with Crippen LogP contribution in [0.15, 0.2) is 28.8 Å². The van der Waals surface area contributed by atoms with E-state index in [1.54, 1.807) is 0 Å². The summed E-state index contributed by atoms with van der Waals surface area (Å²) in [4.78, 5) is 28.7. The Morgan fingerprint density at radius 1 is 1.12 bits per heavy atom. The molecule has 172 valence electrons. The van der Waals surface area contributed by atoms with Crippen LogP contribution in [0.1, 0.15) is 63.6 Å². The SMILES string of the molecule is CC(=O)NC1(c2noc(CCC(=O)NC[C@@H]3COc4ccccc4O3)n2)CCCCCC1. The lowest BCUT2D eigenvalue weighted by Crippen LogP contribution is -2.45. The third-order valence-electron chi connectivity index (χ3n) is 5.93. The van der Waals surface area contributed by atoms with Crippen LogP contribution in [0.4, 0.5) is 0 Å². The second kappa shape index (κ2) is 10.0. The van der Waals surface area contributed by atoms with E-state index in [9.17, 15) is 9.59 Å². The number of nitrogens with zero attached hydrogens (tertiary/aromatic N) is 2. The molecule has 0 radical (unpaired) electrons. The van der Waals surface area contributed by atoms with Crippen LogP contribution in [0.3, 0.4) is 0 Å². The quantitative estimate of drug-likeness (QED) is 0.633. The highest BCUT2D eigenvalue weighted by Gasteiger charge is 2.38. The molecule has 0 spiro atoms. The zero-order chi connectivity index (χ0) is 22.4. The van der Waals surface area contributed by atoms with E-state index in [0.29, 0.717) is 42.8 Å². The molecule has 0 unspecified atom stereocenters. The normalized spacial score (nSPS) is 19.6. The monoisotopic (exact) mass is 442 g/mol. The summed E-state index contributed by atoms with van der Waals surface area (Å²) in [6, 6.07) is 7.47. The molecule has 1 aliphatic heterocycles. The minimum absolute atomic E-state index is 0.103. The first-order chi connectivity index (χ1) is 15.5. The summed E-state index contributed by atoms with van der Waals surface area (Å²) in [5, 5.41) is 10.1. The summed E-state index contributed by atoms with van der Waals surface area (Å²) >= 11 is 0. The number of amides is 2. The van der Waals surface area contributed by atoms with Gasteiger partial charge in [-0.15, -0.1) is 0 Å². The smallest absolute Gasteiger partial charge is 0.227 e. The molecule has 9 nitrogen and oxygen atoms in total. The van der Waals surface area contributed by atoms with Crippen LogP contribution in [0.25, 0.3) is 0 Å². The van der Waals surface area contributed by atoms with Crippen molar-refractivity contribution < 1.29 is 23.6 Å². The summed E-state index contributed by atoms with van der Waals surface area (Å²) in [6.45, 7) is 2.25. The van der Waals surface area contributed by atoms with E-state index >= 15 is 0 Å². The number of ether oxygens (including phenoxy) is 2. The van der Waals surface area contributed by atoms with Gasteiger partial charge in [0, 0.05) is 19.8 Å². The fraction of sp³-hybridized carbons (Fsp3) is 0.565. The van der Waals surface area contributed by atoms with Gasteiger partial charge in [-0.1, -0.05) is 43.0 Å². The molecule has 1 aromatic heterocycles. The number of rotatable bonds is 7. The van der Waals surface area contributed by atoms with E-state index < -0.39 is 5.54 Å². The molecule has 4 rings (SSSR count). The van der Waals surface area contributed by atoms with Crippen molar-refractivity contribution in [3.63, 3.8) is 0 Å². The first kappa shape index (κ1) is 22.1. The molecular formula is C23H30N4O5. The number of para-hydroxylation sites is 2. The molecule has 1 atom stereocenters. The van der Waals surface area contributed by atoms with Crippen LogP contribution in [-0.2, 0) is 21.5 Å². The molecule has 2 amide bonds. The summed E-state index contributed by atoms with van der Waals surface area (Å²) in [5.74, 6) is 2.08. The topological polar surface area (TPSA) is 116 Å². The first-order valence-corrected chi connectivity index (χ1v) is 11.3. The molecule has 0 bridgehead atoms. The standard InChI is InChI=1S/C23H30N4O5/c1-16(28)26-23(12-6-2-3-7-13-23)22-25-21(32-27-22)11-10-20(29)24-14-17-15-30-18-8-4-5-9-19(18)31-17/h4-5,8-9,17H,2-3,6-7,10-15H2,1H3,(H,24,29)(H,26,28)/t17-/m1/s1. The Bertz CT molecular complexity index is 936. The molecular weight excluding hydrogens is 412 g/mol. The Hall–Kier alpha value is -3.10. The predicted octanol–water partition coefficient (Wildman–Crippen LogP) is 2.64. The summed E-state index contributed by atoms with van der Waals surface area (Å²) < 4.78 is 16.9. The van der Waals surface area contributed by atoms with Crippen molar-refractivity contribution in [3.8, 4) is 11.5 Å². The molecule has 2 N–H and O–H groups in total. The zero-order valence-electron chi connectivity index (χ0n) is 18.4. The van der Waals surface area contributed by atoms with Gasteiger partial charge in [-0.05, 0) is 25.0 Å². The lowest BCUT2D eigenvalue weighted by Gasteiger charge is -2.30. The van der Waals surface area contributed by atoms with Gasteiger partial charge >= 0.3 is 0 Å². The maximum atomic E-state index is 12.3. The highest BCUT2D eigenvalue weighted by molar-refractivity contribution is 5.76. The summed E-state index contributed by atoms with van der Waals surface area (Å²) in [5.41, 5.74) is -0.582. The first-order valence-electron chi connectivity index (χ1n) is 11.3. The van der Waals surface area contributed by atoms with Gasteiger partial charge in [-0.3, -0.25) is 9.59 Å². The molecule has 2 aromatic rings. The van der Waals surface area contributed by atoms with Crippen molar-refractivity contribution >= 4 is 11.8 Å². The third kappa shape index (κ3) is 5.38. The molecule has 1 fully saturated rings. The second-order valence-electron chi connectivity index (χ2n) is 8.49. The fourth-order valence-corrected chi connectivity index (χ4v) is 4.32. The Labute approximate surface area is 187 Å². The lowest BCUT2D eigenvalue weighted by molar-refractivity contribution is -0.122. The van der Waals surface area contributed by atoms with E-state index in [0.717, 1.165) is 38.5 Å². The van der Waals surface area contributed by atoms with E-state index in [2.05, 4.69) is 20.8 Å². The van der Waals surface area contributed by atoms with Crippen molar-refractivity contribution in [2.75, 3.05) is 13.2 Å². The molecule has 0 saturated heterocycles. The molecule has 9 heteroatoms. The minimum atomic E-state index is -0.582. The number of benzene rings is 1. The number of nitrogens with one attached hydrogen (secondary N) is 2. The van der Waals surface area contributed by atoms with Crippen molar-refractivity contribution in [1.29, 1.82) is 0 Å². The Morgan fingerprint density at radius 3 is 2.62 bits per heavy atom. The Kier molecular flexibility index (Phi) is 6.92. The molecule has 1 aromatic carbocycles. The predicted molar refractivity (Wildman–Crippen MR) is 115 cm³/mol. The number of aromatic nitrogens is 2. The van der Waals surface area contributed by atoms with Crippen LogP contribution in [0.2, 0.25) is 0 Å². The molecule has 1 aliphatic carbocycles. The van der Waals surface area contributed by atoms with Crippen molar-refractivity contribution in [1.82, 2.24) is 20.8 Å². The number of hydrogen-bond donors (Lipinski definition) is 2. The average molecular weight is 443 g/mol. The number of fused-ring (bicyclic) bond motifs is 1. The van der Waals surface area contributed by atoms with Gasteiger partial charge in [0.2, 0.25) is 17.7 Å². The minimum Gasteiger partial charge on any atom is -0.486 e. The van der Waals surface area contributed by atoms with Crippen LogP contribution in [0.5, 0.6) is 11.5 Å². The van der Waals surface area contributed by atoms with Crippen LogP contribution < -0.4 is 20.1 Å².